The van der Waals surface area contributed by atoms with Crippen molar-refractivity contribution in [2.75, 3.05) is 0 Å². The first-order valence-electron chi connectivity index (χ1n) is 9.58. The Morgan fingerprint density at radius 1 is 1.00 bits per heavy atom. The highest BCUT2D eigenvalue weighted by Gasteiger charge is 2.06. The van der Waals surface area contributed by atoms with Crippen molar-refractivity contribution in [3.8, 4) is 5.75 Å². The third-order valence-corrected chi connectivity index (χ3v) is 5.98. The Bertz CT molecular complexity index is 1270. The lowest BCUT2D eigenvalue weighted by atomic mass is 10.1. The van der Waals surface area contributed by atoms with Crippen molar-refractivity contribution in [3.63, 3.8) is 0 Å². The maximum absolute atomic E-state index is 12.2. The number of fused-ring (bicyclic) bond motifs is 1. The van der Waals surface area contributed by atoms with Gasteiger partial charge < -0.3 is 4.74 Å². The van der Waals surface area contributed by atoms with Crippen LogP contribution in [0.3, 0.4) is 0 Å². The summed E-state index contributed by atoms with van der Waals surface area (Å²) in [5, 5.41) is 6.44. The van der Waals surface area contributed by atoms with Gasteiger partial charge in [0, 0.05) is 9.13 Å². The van der Waals surface area contributed by atoms with Gasteiger partial charge in [-0.25, -0.2) is 5.43 Å². The number of carbonyl (C=O) groups is 1. The summed E-state index contributed by atoms with van der Waals surface area (Å²) < 4.78 is 7.85. The van der Waals surface area contributed by atoms with Gasteiger partial charge in [0.25, 0.3) is 5.91 Å². The molecule has 0 atom stereocenters. The molecule has 4 aromatic rings. The second-order valence-electron chi connectivity index (χ2n) is 6.83. The van der Waals surface area contributed by atoms with E-state index < -0.39 is 0 Å². The molecule has 0 bridgehead atoms. The Morgan fingerprint density at radius 2 is 1.81 bits per heavy atom. The van der Waals surface area contributed by atoms with Crippen LogP contribution in [0.5, 0.6) is 5.75 Å². The van der Waals surface area contributed by atoms with Crippen LogP contribution in [-0.2, 0) is 6.61 Å². The van der Waals surface area contributed by atoms with Crippen molar-refractivity contribution in [3.05, 3.63) is 110 Å². The Kier molecular flexibility index (Phi) is 6.99. The largest absolute Gasteiger partial charge is 0.488 e. The van der Waals surface area contributed by atoms with Gasteiger partial charge in [-0.3, -0.25) is 4.79 Å². The van der Waals surface area contributed by atoms with Crippen LogP contribution in [-0.4, -0.2) is 12.1 Å². The topological polar surface area (TPSA) is 50.7 Å². The zero-order valence-electron chi connectivity index (χ0n) is 16.4. The van der Waals surface area contributed by atoms with Gasteiger partial charge in [0.2, 0.25) is 0 Å². The summed E-state index contributed by atoms with van der Waals surface area (Å²) >= 11 is 5.73. The highest BCUT2D eigenvalue weighted by molar-refractivity contribution is 14.1. The number of amides is 1. The normalized spacial score (nSPS) is 11.0. The Balaban J connectivity index is 1.40. The van der Waals surface area contributed by atoms with Crippen molar-refractivity contribution in [2.45, 2.75) is 6.61 Å². The maximum atomic E-state index is 12.2. The molecule has 4 nitrogen and oxygen atoms in total. The van der Waals surface area contributed by atoms with Gasteiger partial charge in [-0.1, -0.05) is 48.5 Å². The molecule has 0 unspecified atom stereocenters. The number of rotatable bonds is 6. The molecule has 0 saturated heterocycles. The first-order valence-corrected chi connectivity index (χ1v) is 11.5. The minimum Gasteiger partial charge on any atom is -0.488 e. The van der Waals surface area contributed by atoms with Gasteiger partial charge >= 0.3 is 0 Å². The monoisotopic (exact) mass is 584 g/mol. The molecule has 0 saturated carbocycles. The molecule has 1 amide bonds. The predicted octanol–water partition coefficient (Wildman–Crippen LogP) is 6.55. The second-order valence-corrected chi connectivity index (χ2v) is 8.93. The first-order chi connectivity index (χ1) is 15.1. The molecule has 0 aromatic heterocycles. The number of nitrogens with one attached hydrogen (secondary N) is 1. The quantitative estimate of drug-likeness (QED) is 0.159. The minimum atomic E-state index is -0.246. The molecule has 0 fully saturated rings. The molecular weight excluding hydrogens is 567 g/mol. The zero-order chi connectivity index (χ0) is 21.6. The number of hydrazone groups is 1. The zero-order valence-corrected chi connectivity index (χ0v) is 20.1. The molecule has 4 aromatic carbocycles. The lowest BCUT2D eigenvalue weighted by Gasteiger charge is -2.11. The fourth-order valence-corrected chi connectivity index (χ4v) is 4.20. The number of ether oxygens (including phenoxy) is 1. The SMILES string of the molecule is O=C(N/N=C\c1ccc(OCc2cccc3ccccc23)c(Br)c1)c1cccc(I)c1. The Hall–Kier alpha value is -2.71. The van der Waals surface area contributed by atoms with E-state index in [0.29, 0.717) is 12.2 Å². The highest BCUT2D eigenvalue weighted by atomic mass is 127. The summed E-state index contributed by atoms with van der Waals surface area (Å²) in [5.74, 6) is 0.497. The minimum absolute atomic E-state index is 0.246. The third-order valence-electron chi connectivity index (χ3n) is 4.69. The predicted molar refractivity (Wildman–Crippen MR) is 137 cm³/mol. The van der Waals surface area contributed by atoms with Crippen LogP contribution in [0.25, 0.3) is 10.8 Å². The van der Waals surface area contributed by atoms with E-state index >= 15 is 0 Å². The maximum Gasteiger partial charge on any atom is 0.271 e. The van der Waals surface area contributed by atoms with Crippen molar-refractivity contribution in [1.82, 2.24) is 5.43 Å². The number of benzene rings is 4. The fourth-order valence-electron chi connectivity index (χ4n) is 3.15. The molecule has 1 N–H and O–H groups in total. The average Bonchev–Trinajstić information content (AvgIpc) is 2.78. The number of nitrogens with zero attached hydrogens (tertiary/aromatic N) is 1. The molecule has 0 aliphatic heterocycles. The van der Waals surface area contributed by atoms with Crippen LogP contribution in [0.2, 0.25) is 0 Å². The number of hydrogen-bond donors (Lipinski definition) is 1. The van der Waals surface area contributed by atoms with Gasteiger partial charge in [-0.15, -0.1) is 0 Å². The van der Waals surface area contributed by atoms with E-state index in [0.717, 1.165) is 24.9 Å². The van der Waals surface area contributed by atoms with Gasteiger partial charge in [-0.05, 0) is 96.8 Å². The van der Waals surface area contributed by atoms with Gasteiger partial charge in [0.05, 0.1) is 10.7 Å². The lowest BCUT2D eigenvalue weighted by molar-refractivity contribution is 0.0955. The van der Waals surface area contributed by atoms with E-state index in [2.05, 4.69) is 73.3 Å². The van der Waals surface area contributed by atoms with Crippen LogP contribution < -0.4 is 10.2 Å². The van der Waals surface area contributed by atoms with E-state index in [-0.39, 0.29) is 5.91 Å². The molecular formula is C25H18BrIN2O2. The van der Waals surface area contributed by atoms with Gasteiger partial charge in [-0.2, -0.15) is 5.10 Å². The summed E-state index contributed by atoms with van der Waals surface area (Å²) in [7, 11) is 0. The molecule has 4 rings (SSSR count). The number of carbonyl (C=O) groups excluding carboxylic acids is 1. The third kappa shape index (κ3) is 5.51. The molecule has 6 heteroatoms. The molecule has 0 heterocycles. The number of hydrogen-bond acceptors (Lipinski definition) is 3. The van der Waals surface area contributed by atoms with Crippen LogP contribution in [0.4, 0.5) is 0 Å². The molecule has 0 aliphatic rings. The summed E-state index contributed by atoms with van der Waals surface area (Å²) in [6, 6.07) is 27.5. The van der Waals surface area contributed by atoms with Gasteiger partial charge in [0.15, 0.2) is 0 Å². The summed E-state index contributed by atoms with van der Waals surface area (Å²) in [6.07, 6.45) is 1.60. The van der Waals surface area contributed by atoms with Crippen LogP contribution in [0.15, 0.2) is 94.5 Å². The number of halogens is 2. The molecule has 0 radical (unpaired) electrons. The average molecular weight is 585 g/mol. The van der Waals surface area contributed by atoms with Crippen molar-refractivity contribution >= 4 is 61.4 Å². The Labute approximate surface area is 202 Å². The second kappa shape index (κ2) is 10.1. The van der Waals surface area contributed by atoms with Crippen molar-refractivity contribution in [1.29, 1.82) is 0 Å². The lowest BCUT2D eigenvalue weighted by Crippen LogP contribution is -2.17. The van der Waals surface area contributed by atoms with E-state index in [1.807, 2.05) is 54.6 Å². The standard InChI is InChI=1S/C25H18BrIN2O2/c26-23-13-17(15-28-29-25(30)19-7-4-9-21(27)14-19)11-12-24(23)31-16-20-8-3-6-18-5-1-2-10-22(18)20/h1-15H,16H2,(H,29,30)/b28-15-. The smallest absolute Gasteiger partial charge is 0.271 e. The van der Waals surface area contributed by atoms with Crippen LogP contribution in [0.1, 0.15) is 21.5 Å². The highest BCUT2D eigenvalue weighted by Crippen LogP contribution is 2.27. The van der Waals surface area contributed by atoms with Crippen molar-refractivity contribution < 1.29 is 9.53 Å². The van der Waals surface area contributed by atoms with Gasteiger partial charge in [0.1, 0.15) is 12.4 Å². The summed E-state index contributed by atoms with van der Waals surface area (Å²) in [4.78, 5) is 12.2. The molecule has 31 heavy (non-hydrogen) atoms. The molecule has 154 valence electrons. The van der Waals surface area contributed by atoms with E-state index in [1.165, 1.54) is 10.8 Å². The molecule has 0 aliphatic carbocycles. The van der Waals surface area contributed by atoms with E-state index in [9.17, 15) is 4.79 Å². The fraction of sp³-hybridized carbons (Fsp3) is 0.0400. The molecule has 0 spiro atoms. The van der Waals surface area contributed by atoms with Crippen LogP contribution in [0, 0.1) is 3.57 Å². The van der Waals surface area contributed by atoms with Crippen LogP contribution >= 0.6 is 38.5 Å². The van der Waals surface area contributed by atoms with E-state index in [1.54, 1.807) is 12.3 Å². The Morgan fingerprint density at radius 3 is 2.65 bits per heavy atom. The first kappa shape index (κ1) is 21.5. The summed E-state index contributed by atoms with van der Waals surface area (Å²) in [6.45, 7) is 0.472. The van der Waals surface area contributed by atoms with E-state index in [4.69, 9.17) is 4.74 Å². The summed E-state index contributed by atoms with van der Waals surface area (Å²) in [5.41, 5.74) is 5.10. The van der Waals surface area contributed by atoms with Crippen molar-refractivity contribution in [2.24, 2.45) is 5.10 Å².